The van der Waals surface area contributed by atoms with Gasteiger partial charge in [-0.1, -0.05) is 12.1 Å². The second-order valence-corrected chi connectivity index (χ2v) is 7.79. The molecule has 1 amide bonds. The number of likely N-dealkylation sites (tertiary alicyclic amines) is 2. The molecule has 3 rings (SSSR count). The normalized spacial score (nSPS) is 21.1. The van der Waals surface area contributed by atoms with Gasteiger partial charge in [0.15, 0.2) is 11.6 Å². The number of carbonyl (C=O) groups is 2. The van der Waals surface area contributed by atoms with Gasteiger partial charge < -0.3 is 9.64 Å². The summed E-state index contributed by atoms with van der Waals surface area (Å²) < 4.78 is 31.8. The van der Waals surface area contributed by atoms with Crippen LogP contribution in [0.15, 0.2) is 18.2 Å². The molecule has 0 aliphatic carbocycles. The Bertz CT molecular complexity index is 705. The molecule has 5 nitrogen and oxygen atoms in total. The van der Waals surface area contributed by atoms with Crippen LogP contribution in [-0.4, -0.2) is 55.0 Å². The van der Waals surface area contributed by atoms with E-state index in [0.29, 0.717) is 23.9 Å². The van der Waals surface area contributed by atoms with Crippen molar-refractivity contribution in [2.75, 3.05) is 33.3 Å². The summed E-state index contributed by atoms with van der Waals surface area (Å²) in [6, 6.07) is 4.33. The molecule has 0 aromatic heterocycles. The van der Waals surface area contributed by atoms with Crippen molar-refractivity contribution in [2.45, 2.75) is 38.6 Å². The van der Waals surface area contributed by atoms with Gasteiger partial charge >= 0.3 is 5.97 Å². The van der Waals surface area contributed by atoms with E-state index in [1.165, 1.54) is 7.11 Å². The van der Waals surface area contributed by atoms with Crippen molar-refractivity contribution in [3.63, 3.8) is 0 Å². The summed E-state index contributed by atoms with van der Waals surface area (Å²) in [5.41, 5.74) is 0.404. The number of ether oxygens (including phenoxy) is 1. The highest BCUT2D eigenvalue weighted by Gasteiger charge is 2.33. The van der Waals surface area contributed by atoms with E-state index in [4.69, 9.17) is 0 Å². The van der Waals surface area contributed by atoms with Gasteiger partial charge in [-0.05, 0) is 50.3 Å². The van der Waals surface area contributed by atoms with Crippen molar-refractivity contribution < 1.29 is 23.1 Å². The predicted octanol–water partition coefficient (Wildman–Crippen LogP) is 2.98. The number of hydrogen-bond acceptors (Lipinski definition) is 4. The number of piperidine rings is 1. The minimum Gasteiger partial charge on any atom is -0.469 e. The monoisotopic (exact) mass is 394 g/mol. The van der Waals surface area contributed by atoms with Gasteiger partial charge in [-0.3, -0.25) is 14.5 Å². The molecule has 0 unspecified atom stereocenters. The van der Waals surface area contributed by atoms with Crippen molar-refractivity contribution in [1.82, 2.24) is 9.80 Å². The van der Waals surface area contributed by atoms with Crippen LogP contribution in [0.5, 0.6) is 0 Å². The highest BCUT2D eigenvalue weighted by atomic mass is 19.2. The topological polar surface area (TPSA) is 49.9 Å². The van der Waals surface area contributed by atoms with Gasteiger partial charge in [0.1, 0.15) is 0 Å². The molecule has 1 atom stereocenters. The van der Waals surface area contributed by atoms with Gasteiger partial charge in [0.25, 0.3) is 0 Å². The summed E-state index contributed by atoms with van der Waals surface area (Å²) in [5.74, 6) is -0.850. The molecule has 0 spiro atoms. The molecule has 2 fully saturated rings. The number of halogens is 2. The van der Waals surface area contributed by atoms with E-state index in [-0.39, 0.29) is 24.7 Å². The Morgan fingerprint density at radius 1 is 1.07 bits per heavy atom. The number of nitrogens with zero attached hydrogens (tertiary/aromatic N) is 2. The van der Waals surface area contributed by atoms with E-state index in [0.717, 1.165) is 51.5 Å². The Kier molecular flexibility index (Phi) is 6.99. The molecule has 1 aromatic rings. The predicted molar refractivity (Wildman–Crippen MR) is 100 cm³/mol. The van der Waals surface area contributed by atoms with Crippen LogP contribution < -0.4 is 0 Å². The van der Waals surface area contributed by atoms with Crippen molar-refractivity contribution >= 4 is 11.9 Å². The van der Waals surface area contributed by atoms with Gasteiger partial charge in [-0.25, -0.2) is 8.78 Å². The summed E-state index contributed by atoms with van der Waals surface area (Å²) >= 11 is 0. The zero-order valence-electron chi connectivity index (χ0n) is 16.3. The SMILES string of the molecule is COC(=O)CCC(=O)N1CC[C@@H](C2CCN(Cc3cccc(F)c3F)CC2)C1. The van der Waals surface area contributed by atoms with Gasteiger partial charge in [0.2, 0.25) is 5.91 Å². The molecular formula is C21H28F2N2O3. The first-order valence-corrected chi connectivity index (χ1v) is 9.97. The largest absolute Gasteiger partial charge is 0.469 e. The van der Waals surface area contributed by atoms with Crippen LogP contribution in [0, 0.1) is 23.5 Å². The molecule has 0 radical (unpaired) electrons. The van der Waals surface area contributed by atoms with Crippen molar-refractivity contribution in [2.24, 2.45) is 11.8 Å². The Balaban J connectivity index is 1.43. The quantitative estimate of drug-likeness (QED) is 0.696. The van der Waals surface area contributed by atoms with Crippen LogP contribution in [0.4, 0.5) is 8.78 Å². The van der Waals surface area contributed by atoms with Crippen LogP contribution in [0.2, 0.25) is 0 Å². The summed E-state index contributed by atoms with van der Waals surface area (Å²) in [6.45, 7) is 3.64. The van der Waals surface area contributed by atoms with Gasteiger partial charge in [0, 0.05) is 31.6 Å². The maximum atomic E-state index is 13.9. The molecule has 2 heterocycles. The molecule has 154 valence electrons. The standard InChI is InChI=1S/C21H28F2N2O3/c1-28-20(27)6-5-19(26)25-12-9-16(14-25)15-7-10-24(11-8-15)13-17-3-2-4-18(22)21(17)23/h2-4,15-16H,5-14H2,1H3/t16-/m1/s1. The molecular weight excluding hydrogens is 366 g/mol. The molecule has 0 bridgehead atoms. The molecule has 28 heavy (non-hydrogen) atoms. The van der Waals surface area contributed by atoms with Crippen LogP contribution in [0.1, 0.15) is 37.7 Å². The Morgan fingerprint density at radius 3 is 2.50 bits per heavy atom. The summed E-state index contributed by atoms with van der Waals surface area (Å²) in [4.78, 5) is 27.5. The number of methoxy groups -OCH3 is 1. The van der Waals surface area contributed by atoms with E-state index in [9.17, 15) is 18.4 Å². The molecule has 1 aromatic carbocycles. The molecule has 2 saturated heterocycles. The molecule has 7 heteroatoms. The second-order valence-electron chi connectivity index (χ2n) is 7.79. The zero-order chi connectivity index (χ0) is 20.1. The third kappa shape index (κ3) is 5.07. The lowest BCUT2D eigenvalue weighted by Gasteiger charge is -2.35. The average molecular weight is 394 g/mol. The zero-order valence-corrected chi connectivity index (χ0v) is 16.3. The molecule has 0 N–H and O–H groups in total. The highest BCUT2D eigenvalue weighted by Crippen LogP contribution is 2.32. The van der Waals surface area contributed by atoms with Crippen LogP contribution in [0.3, 0.4) is 0 Å². The third-order valence-electron chi connectivity index (χ3n) is 6.07. The number of hydrogen-bond donors (Lipinski definition) is 0. The minimum absolute atomic E-state index is 0.0203. The molecule has 2 aliphatic rings. The van der Waals surface area contributed by atoms with Crippen LogP contribution >= 0.6 is 0 Å². The average Bonchev–Trinajstić information content (AvgIpc) is 3.20. The fourth-order valence-electron chi connectivity index (χ4n) is 4.36. The first kappa shape index (κ1) is 20.7. The number of rotatable bonds is 6. The highest BCUT2D eigenvalue weighted by molar-refractivity contribution is 5.81. The van der Waals surface area contributed by atoms with E-state index >= 15 is 0 Å². The number of amides is 1. The first-order chi connectivity index (χ1) is 13.5. The lowest BCUT2D eigenvalue weighted by atomic mass is 9.83. The lowest BCUT2D eigenvalue weighted by molar-refractivity contribution is -0.143. The summed E-state index contributed by atoms with van der Waals surface area (Å²) in [6.07, 6.45) is 3.34. The fourth-order valence-corrected chi connectivity index (χ4v) is 4.36. The first-order valence-electron chi connectivity index (χ1n) is 9.97. The number of carbonyl (C=O) groups excluding carboxylic acids is 2. The Hall–Kier alpha value is -2.02. The summed E-state index contributed by atoms with van der Waals surface area (Å²) in [5, 5.41) is 0. The summed E-state index contributed by atoms with van der Waals surface area (Å²) in [7, 11) is 1.33. The Labute approximate surface area is 164 Å². The van der Waals surface area contributed by atoms with Crippen molar-refractivity contribution in [3.05, 3.63) is 35.4 Å². The Morgan fingerprint density at radius 2 is 1.79 bits per heavy atom. The van der Waals surface area contributed by atoms with E-state index in [1.54, 1.807) is 12.1 Å². The van der Waals surface area contributed by atoms with Crippen LogP contribution in [0.25, 0.3) is 0 Å². The minimum atomic E-state index is -0.796. The van der Waals surface area contributed by atoms with Crippen LogP contribution in [-0.2, 0) is 20.9 Å². The maximum Gasteiger partial charge on any atom is 0.306 e. The van der Waals surface area contributed by atoms with E-state index in [1.807, 2.05) is 4.90 Å². The lowest BCUT2D eigenvalue weighted by Crippen LogP contribution is -2.37. The fraction of sp³-hybridized carbons (Fsp3) is 0.619. The van der Waals surface area contributed by atoms with Gasteiger partial charge in [0.05, 0.1) is 13.5 Å². The van der Waals surface area contributed by atoms with E-state index in [2.05, 4.69) is 9.64 Å². The van der Waals surface area contributed by atoms with Crippen molar-refractivity contribution in [1.29, 1.82) is 0 Å². The number of esters is 1. The molecule has 2 aliphatic heterocycles. The smallest absolute Gasteiger partial charge is 0.306 e. The van der Waals surface area contributed by atoms with Gasteiger partial charge in [-0.2, -0.15) is 0 Å². The third-order valence-corrected chi connectivity index (χ3v) is 6.07. The maximum absolute atomic E-state index is 13.9. The second kappa shape index (κ2) is 9.45. The van der Waals surface area contributed by atoms with E-state index < -0.39 is 11.6 Å². The number of benzene rings is 1. The molecule has 0 saturated carbocycles. The van der Waals surface area contributed by atoms with Crippen molar-refractivity contribution in [3.8, 4) is 0 Å². The van der Waals surface area contributed by atoms with Gasteiger partial charge in [-0.15, -0.1) is 0 Å².